The second-order valence-electron chi connectivity index (χ2n) is 8.20. The van der Waals surface area contributed by atoms with Crippen LogP contribution in [-0.4, -0.2) is 34.1 Å². The largest absolute Gasteiger partial charge is 0.507 e. The summed E-state index contributed by atoms with van der Waals surface area (Å²) in [5.41, 5.74) is 4.21. The topological polar surface area (TPSA) is 43.8 Å². The fourth-order valence-electron chi connectivity index (χ4n) is 4.61. The van der Waals surface area contributed by atoms with E-state index in [1.807, 2.05) is 11.9 Å². The number of carbonyl (C=O) groups is 1. The molecule has 132 valence electrons. The molecule has 1 N–H and O–H groups in total. The molecule has 24 heavy (non-hydrogen) atoms. The number of hydrazine groups is 1. The van der Waals surface area contributed by atoms with Crippen LogP contribution in [-0.2, 0) is 11.2 Å². The van der Waals surface area contributed by atoms with Crippen LogP contribution in [0.3, 0.4) is 0 Å². The monoisotopic (exact) mass is 330 g/mol. The highest BCUT2D eigenvalue weighted by Crippen LogP contribution is 2.54. The van der Waals surface area contributed by atoms with Crippen LogP contribution in [0.25, 0.3) is 0 Å². The zero-order chi connectivity index (χ0) is 17.6. The van der Waals surface area contributed by atoms with Crippen LogP contribution >= 0.6 is 0 Å². The van der Waals surface area contributed by atoms with Gasteiger partial charge in [0, 0.05) is 25.6 Å². The van der Waals surface area contributed by atoms with Gasteiger partial charge in [0.1, 0.15) is 5.75 Å². The van der Waals surface area contributed by atoms with Crippen LogP contribution in [0.2, 0.25) is 0 Å². The molecule has 2 aliphatic rings. The average Bonchev–Trinajstić information content (AvgIpc) is 2.79. The third kappa shape index (κ3) is 2.71. The zero-order valence-corrected chi connectivity index (χ0v) is 15.6. The van der Waals surface area contributed by atoms with E-state index in [9.17, 15) is 9.90 Å². The number of fused-ring (bicyclic) bond motifs is 1. The van der Waals surface area contributed by atoms with E-state index >= 15 is 0 Å². The summed E-state index contributed by atoms with van der Waals surface area (Å²) >= 11 is 0. The number of rotatable bonds is 2. The molecule has 0 saturated carbocycles. The molecular formula is C20H30N2O2. The van der Waals surface area contributed by atoms with Gasteiger partial charge >= 0.3 is 0 Å². The van der Waals surface area contributed by atoms with Crippen molar-refractivity contribution in [1.82, 2.24) is 10.0 Å². The van der Waals surface area contributed by atoms with E-state index in [-0.39, 0.29) is 17.4 Å². The van der Waals surface area contributed by atoms with Crippen molar-refractivity contribution in [2.24, 2.45) is 5.41 Å². The highest BCUT2D eigenvalue weighted by molar-refractivity contribution is 5.74. The highest BCUT2D eigenvalue weighted by atomic mass is 16.3. The van der Waals surface area contributed by atoms with Crippen LogP contribution in [0.5, 0.6) is 5.75 Å². The van der Waals surface area contributed by atoms with Gasteiger partial charge in [0.2, 0.25) is 5.91 Å². The zero-order valence-electron chi connectivity index (χ0n) is 15.6. The summed E-state index contributed by atoms with van der Waals surface area (Å²) in [6.07, 6.45) is 4.38. The maximum Gasteiger partial charge on any atom is 0.234 e. The number of amides is 1. The number of piperidine rings is 1. The number of aryl methyl sites for hydroxylation is 2. The normalized spacial score (nSPS) is 23.1. The molecule has 1 saturated heterocycles. The predicted molar refractivity (Wildman–Crippen MR) is 95.8 cm³/mol. The summed E-state index contributed by atoms with van der Waals surface area (Å²) in [4.78, 5) is 12.6. The number of aromatic hydroxyl groups is 1. The quantitative estimate of drug-likeness (QED) is 0.895. The van der Waals surface area contributed by atoms with Crippen molar-refractivity contribution >= 4 is 5.91 Å². The lowest BCUT2D eigenvalue weighted by Gasteiger charge is -2.45. The Bertz CT molecular complexity index is 660. The summed E-state index contributed by atoms with van der Waals surface area (Å²) in [5, 5.41) is 15.0. The van der Waals surface area contributed by atoms with Gasteiger partial charge in [-0.15, -0.1) is 0 Å². The third-order valence-electron chi connectivity index (χ3n) is 5.71. The molecule has 0 spiro atoms. The van der Waals surface area contributed by atoms with Crippen molar-refractivity contribution in [3.63, 3.8) is 0 Å². The minimum atomic E-state index is -0.0958. The van der Waals surface area contributed by atoms with E-state index in [2.05, 4.69) is 31.8 Å². The lowest BCUT2D eigenvalue weighted by atomic mass is 9.84. The van der Waals surface area contributed by atoms with Crippen molar-refractivity contribution in [2.45, 2.75) is 66.3 Å². The van der Waals surface area contributed by atoms with Gasteiger partial charge in [0.05, 0.1) is 6.04 Å². The molecule has 0 bridgehead atoms. The first-order valence-electron chi connectivity index (χ1n) is 9.10. The van der Waals surface area contributed by atoms with Gasteiger partial charge in [-0.2, -0.15) is 0 Å². The Morgan fingerprint density at radius 1 is 1.21 bits per heavy atom. The molecular weight excluding hydrogens is 300 g/mol. The van der Waals surface area contributed by atoms with Crippen LogP contribution in [0.1, 0.15) is 68.3 Å². The van der Waals surface area contributed by atoms with Crippen LogP contribution in [0, 0.1) is 19.3 Å². The SMILES string of the molecule is CC(=O)N(C1c2c(O)c(C)cc(C)c2CC1(C)C)N1CCCCC1. The molecule has 3 rings (SSSR count). The molecule has 4 nitrogen and oxygen atoms in total. The average molecular weight is 330 g/mol. The molecule has 1 aliphatic heterocycles. The minimum absolute atomic E-state index is 0.0707. The van der Waals surface area contributed by atoms with Gasteiger partial charge < -0.3 is 5.11 Å². The smallest absolute Gasteiger partial charge is 0.234 e. The number of phenolic OH excluding ortho intramolecular Hbond substituents is 1. The molecule has 1 unspecified atom stereocenters. The second kappa shape index (κ2) is 6.07. The van der Waals surface area contributed by atoms with E-state index in [4.69, 9.17) is 0 Å². The number of benzene rings is 1. The van der Waals surface area contributed by atoms with E-state index in [1.54, 1.807) is 6.92 Å². The lowest BCUT2D eigenvalue weighted by Crippen LogP contribution is -2.52. The van der Waals surface area contributed by atoms with Crippen molar-refractivity contribution in [3.8, 4) is 5.75 Å². The van der Waals surface area contributed by atoms with Crippen LogP contribution in [0.4, 0.5) is 0 Å². The number of hydrogen-bond donors (Lipinski definition) is 1. The first-order valence-corrected chi connectivity index (χ1v) is 9.10. The van der Waals surface area contributed by atoms with Crippen molar-refractivity contribution in [3.05, 3.63) is 28.3 Å². The van der Waals surface area contributed by atoms with Gasteiger partial charge in [-0.1, -0.05) is 26.3 Å². The summed E-state index contributed by atoms with van der Waals surface area (Å²) < 4.78 is 0. The van der Waals surface area contributed by atoms with Gasteiger partial charge in [-0.25, -0.2) is 5.01 Å². The van der Waals surface area contributed by atoms with E-state index in [1.165, 1.54) is 17.5 Å². The van der Waals surface area contributed by atoms with Crippen LogP contribution in [0.15, 0.2) is 6.07 Å². The Hall–Kier alpha value is -1.55. The van der Waals surface area contributed by atoms with Crippen molar-refractivity contribution in [1.29, 1.82) is 0 Å². The first-order chi connectivity index (χ1) is 11.2. The fraction of sp³-hybridized carbons (Fsp3) is 0.650. The summed E-state index contributed by atoms with van der Waals surface area (Å²) in [6, 6.07) is 1.97. The van der Waals surface area contributed by atoms with Gasteiger partial charge in [0.25, 0.3) is 0 Å². The van der Waals surface area contributed by atoms with Gasteiger partial charge in [-0.05, 0) is 55.2 Å². The lowest BCUT2D eigenvalue weighted by molar-refractivity contribution is -0.162. The summed E-state index contributed by atoms with van der Waals surface area (Å²) in [6.45, 7) is 12.0. The maximum atomic E-state index is 12.6. The standard InChI is InChI=1S/C20H30N2O2/c1-13-11-14(2)18(24)17-16(13)12-20(4,5)19(17)22(15(3)23)21-9-7-6-8-10-21/h11,19,24H,6-10,12H2,1-5H3. The molecule has 1 aromatic rings. The van der Waals surface area contributed by atoms with E-state index in [0.29, 0.717) is 5.75 Å². The van der Waals surface area contributed by atoms with E-state index < -0.39 is 0 Å². The van der Waals surface area contributed by atoms with E-state index in [0.717, 1.165) is 43.5 Å². The molecule has 1 aromatic carbocycles. The molecule has 4 heteroatoms. The Kier molecular flexibility index (Phi) is 4.37. The maximum absolute atomic E-state index is 12.6. The molecule has 1 aliphatic carbocycles. The molecule has 0 radical (unpaired) electrons. The minimum Gasteiger partial charge on any atom is -0.507 e. The highest BCUT2D eigenvalue weighted by Gasteiger charge is 2.47. The molecule has 1 heterocycles. The summed E-state index contributed by atoms with van der Waals surface area (Å²) in [7, 11) is 0. The number of hydrogen-bond acceptors (Lipinski definition) is 3. The second-order valence-corrected chi connectivity index (χ2v) is 8.20. The first kappa shape index (κ1) is 17.3. The molecule has 0 aromatic heterocycles. The van der Waals surface area contributed by atoms with Crippen LogP contribution < -0.4 is 0 Å². The Balaban J connectivity index is 2.13. The summed E-state index contributed by atoms with van der Waals surface area (Å²) in [5.74, 6) is 0.441. The Labute approximate surface area is 145 Å². The molecule has 1 amide bonds. The Morgan fingerprint density at radius 2 is 1.83 bits per heavy atom. The van der Waals surface area contributed by atoms with Crippen molar-refractivity contribution < 1.29 is 9.90 Å². The fourth-order valence-corrected chi connectivity index (χ4v) is 4.61. The molecule has 1 fully saturated rings. The van der Waals surface area contributed by atoms with Gasteiger partial charge in [0.15, 0.2) is 0 Å². The number of carbonyl (C=O) groups excluding carboxylic acids is 1. The molecule has 1 atom stereocenters. The predicted octanol–water partition coefficient (Wildman–Crippen LogP) is 3.88. The van der Waals surface area contributed by atoms with Crippen molar-refractivity contribution in [2.75, 3.05) is 13.1 Å². The number of phenols is 1. The number of nitrogens with zero attached hydrogens (tertiary/aromatic N) is 2. The third-order valence-corrected chi connectivity index (χ3v) is 5.71. The Morgan fingerprint density at radius 3 is 2.42 bits per heavy atom. The van der Waals surface area contributed by atoms with Gasteiger partial charge in [-0.3, -0.25) is 9.80 Å².